The Morgan fingerprint density at radius 3 is 2.70 bits per heavy atom. The van der Waals surface area contributed by atoms with E-state index in [0.717, 1.165) is 43.2 Å². The lowest BCUT2D eigenvalue weighted by Gasteiger charge is -2.57. The molecule has 0 radical (unpaired) electrons. The minimum atomic E-state index is 0.364. The van der Waals surface area contributed by atoms with E-state index >= 15 is 0 Å². The molecule has 0 amide bonds. The van der Waals surface area contributed by atoms with Crippen molar-refractivity contribution in [1.29, 1.82) is 0 Å². The zero-order valence-electron chi connectivity index (χ0n) is 22.2. The van der Waals surface area contributed by atoms with Gasteiger partial charge in [0.2, 0.25) is 0 Å². The minimum absolute atomic E-state index is 0.364. The average Bonchev–Trinajstić information content (AvgIpc) is 3.36. The Hall–Kier alpha value is -1.09. The Morgan fingerprint density at radius 2 is 2.00 bits per heavy atom. The molecule has 1 heterocycles. The van der Waals surface area contributed by atoms with Crippen LogP contribution in [0.4, 0.5) is 0 Å². The van der Waals surface area contributed by atoms with Crippen molar-refractivity contribution in [2.75, 3.05) is 13.2 Å². The maximum atomic E-state index is 5.89. The van der Waals surface area contributed by atoms with Crippen LogP contribution in [-0.2, 0) is 4.84 Å². The monoisotopic (exact) mass is 454 g/mol. The first kappa shape index (κ1) is 25.0. The second kappa shape index (κ2) is 10.3. The highest BCUT2D eigenvalue weighted by Crippen LogP contribution is 2.66. The maximum absolute atomic E-state index is 5.89. The molecule has 8 atom stereocenters. The molecular formula is C30H50N2O. The molecule has 3 heteroatoms. The summed E-state index contributed by atoms with van der Waals surface area (Å²) in [5, 5.41) is 8.30. The van der Waals surface area contributed by atoms with Crippen molar-refractivity contribution in [3.05, 3.63) is 24.3 Å². The molecule has 0 spiro atoms. The first-order valence-electron chi connectivity index (χ1n) is 14.1. The van der Waals surface area contributed by atoms with Crippen LogP contribution in [0.1, 0.15) is 98.8 Å². The molecule has 4 rings (SSSR count). The van der Waals surface area contributed by atoms with Gasteiger partial charge in [0.15, 0.2) is 0 Å². The summed E-state index contributed by atoms with van der Waals surface area (Å²) < 4.78 is 0. The van der Waals surface area contributed by atoms with Crippen LogP contribution >= 0.6 is 0 Å². The van der Waals surface area contributed by atoms with E-state index in [2.05, 4.69) is 52.6 Å². The summed E-state index contributed by atoms with van der Waals surface area (Å²) in [7, 11) is 0. The predicted molar refractivity (Wildman–Crippen MR) is 140 cm³/mol. The van der Waals surface area contributed by atoms with Crippen LogP contribution in [0.2, 0.25) is 0 Å². The van der Waals surface area contributed by atoms with Crippen molar-refractivity contribution < 1.29 is 4.84 Å². The largest absolute Gasteiger partial charge is 0.396 e. The van der Waals surface area contributed by atoms with E-state index in [1.807, 2.05) is 6.08 Å². The van der Waals surface area contributed by atoms with Crippen LogP contribution in [-0.4, -0.2) is 24.9 Å². The highest BCUT2D eigenvalue weighted by atomic mass is 16.6. The van der Waals surface area contributed by atoms with E-state index in [1.165, 1.54) is 63.5 Å². The molecule has 4 aliphatic rings. The van der Waals surface area contributed by atoms with Crippen LogP contribution in [0.15, 0.2) is 29.5 Å². The highest BCUT2D eigenvalue weighted by Gasteiger charge is 2.58. The first-order chi connectivity index (χ1) is 15.8. The molecule has 0 bridgehead atoms. The van der Waals surface area contributed by atoms with E-state index < -0.39 is 0 Å². The molecule has 3 saturated carbocycles. The van der Waals surface area contributed by atoms with Crippen LogP contribution in [0.3, 0.4) is 0 Å². The Kier molecular flexibility index (Phi) is 7.78. The summed E-state index contributed by atoms with van der Waals surface area (Å²) in [6.07, 6.45) is 17.4. The maximum Gasteiger partial charge on any atom is 0.118 e. The quantitative estimate of drug-likeness (QED) is 0.233. The molecule has 33 heavy (non-hydrogen) atoms. The summed E-state index contributed by atoms with van der Waals surface area (Å²) in [6, 6.07) is 0.605. The van der Waals surface area contributed by atoms with E-state index in [1.54, 1.807) is 5.57 Å². The molecule has 8 unspecified atom stereocenters. The molecule has 4 fully saturated rings. The predicted octanol–water partition coefficient (Wildman–Crippen LogP) is 7.54. The fraction of sp³-hybridized carbons (Fsp3) is 0.833. The lowest BCUT2D eigenvalue weighted by atomic mass is 9.47. The number of fused-ring (bicyclic) bond motifs is 3. The van der Waals surface area contributed by atoms with Crippen LogP contribution in [0, 0.1) is 40.4 Å². The van der Waals surface area contributed by atoms with Gasteiger partial charge in [0.25, 0.3) is 0 Å². The summed E-state index contributed by atoms with van der Waals surface area (Å²) in [5.41, 5.74) is 3.69. The number of rotatable bonds is 8. The average molecular weight is 455 g/mol. The van der Waals surface area contributed by atoms with E-state index in [0.29, 0.717) is 22.8 Å². The lowest BCUT2D eigenvalue weighted by molar-refractivity contribution is -0.0412. The van der Waals surface area contributed by atoms with E-state index in [9.17, 15) is 0 Å². The van der Waals surface area contributed by atoms with Crippen molar-refractivity contribution >= 4 is 5.71 Å². The molecule has 3 nitrogen and oxygen atoms in total. The fourth-order valence-electron chi connectivity index (χ4n) is 8.97. The Balaban J connectivity index is 1.43. The van der Waals surface area contributed by atoms with Gasteiger partial charge in [-0.1, -0.05) is 63.6 Å². The van der Waals surface area contributed by atoms with Crippen molar-refractivity contribution in [2.24, 2.45) is 45.6 Å². The second-order valence-electron chi connectivity index (χ2n) is 12.4. The number of nitrogens with zero attached hydrogens (tertiary/aromatic N) is 1. The van der Waals surface area contributed by atoms with E-state index in [-0.39, 0.29) is 0 Å². The third-order valence-corrected chi connectivity index (χ3v) is 10.8. The Morgan fingerprint density at radius 1 is 1.18 bits per heavy atom. The van der Waals surface area contributed by atoms with Crippen molar-refractivity contribution in [2.45, 2.75) is 105 Å². The van der Waals surface area contributed by atoms with Gasteiger partial charge in [0.1, 0.15) is 6.61 Å². The first-order valence-corrected chi connectivity index (χ1v) is 14.1. The SMILES string of the molecule is C=C/C=C1/CCC2C(CCC3(C)C(/C(C)=N/OCCC4NCCC4C)CCC23)C1(C)CCC. The van der Waals surface area contributed by atoms with Crippen molar-refractivity contribution in [3.8, 4) is 0 Å². The van der Waals surface area contributed by atoms with Gasteiger partial charge in [-0.3, -0.25) is 0 Å². The molecule has 1 aliphatic heterocycles. The summed E-state index contributed by atoms with van der Waals surface area (Å²) in [6.45, 7) is 18.1. The molecule has 0 aromatic heterocycles. The van der Waals surface area contributed by atoms with Crippen LogP contribution in [0.5, 0.6) is 0 Å². The number of hydrogen-bond donors (Lipinski definition) is 1. The summed E-state index contributed by atoms with van der Waals surface area (Å²) in [4.78, 5) is 5.89. The second-order valence-corrected chi connectivity index (χ2v) is 12.4. The Labute approximate surface area is 203 Å². The van der Waals surface area contributed by atoms with Gasteiger partial charge >= 0.3 is 0 Å². The summed E-state index contributed by atoms with van der Waals surface area (Å²) >= 11 is 0. The number of hydrogen-bond acceptors (Lipinski definition) is 3. The van der Waals surface area contributed by atoms with Crippen molar-refractivity contribution in [1.82, 2.24) is 5.32 Å². The third-order valence-electron chi connectivity index (χ3n) is 10.8. The number of allylic oxidation sites excluding steroid dienone is 3. The highest BCUT2D eigenvalue weighted by molar-refractivity contribution is 5.85. The fourth-order valence-corrected chi connectivity index (χ4v) is 8.97. The zero-order valence-corrected chi connectivity index (χ0v) is 22.2. The molecule has 1 N–H and O–H groups in total. The molecule has 186 valence electrons. The Bertz CT molecular complexity index is 756. The lowest BCUT2D eigenvalue weighted by Crippen LogP contribution is -2.50. The third kappa shape index (κ3) is 4.60. The molecule has 3 aliphatic carbocycles. The van der Waals surface area contributed by atoms with Gasteiger partial charge < -0.3 is 10.2 Å². The summed E-state index contributed by atoms with van der Waals surface area (Å²) in [5.74, 6) is 3.91. The standard InChI is InChI=1S/C30H50N2O/c1-7-9-23-10-11-24-26-13-12-25(22(4)32-33-20-16-28-21(3)15-19-31-28)30(26,6)18-14-27(24)29(23,5)17-8-2/h7,9,21,24-28,31H,1,8,10-20H2,2-6H3/b23-9-,32-22+. The van der Waals surface area contributed by atoms with Gasteiger partial charge in [-0.25, -0.2) is 0 Å². The normalized spacial score (nSPS) is 44.5. The molecule has 0 aromatic rings. The number of oxime groups is 1. The molecular weight excluding hydrogens is 404 g/mol. The molecule has 1 saturated heterocycles. The smallest absolute Gasteiger partial charge is 0.118 e. The van der Waals surface area contributed by atoms with E-state index in [4.69, 9.17) is 9.99 Å². The van der Waals surface area contributed by atoms with Gasteiger partial charge in [0.05, 0.1) is 5.71 Å². The minimum Gasteiger partial charge on any atom is -0.396 e. The molecule has 0 aromatic carbocycles. The van der Waals surface area contributed by atoms with Gasteiger partial charge in [0, 0.05) is 12.0 Å². The topological polar surface area (TPSA) is 33.6 Å². The van der Waals surface area contributed by atoms with Gasteiger partial charge in [-0.2, -0.15) is 0 Å². The van der Waals surface area contributed by atoms with Gasteiger partial charge in [-0.05, 0) is 106 Å². The van der Waals surface area contributed by atoms with Crippen molar-refractivity contribution in [3.63, 3.8) is 0 Å². The zero-order chi connectivity index (χ0) is 23.6. The number of nitrogens with one attached hydrogen (secondary N) is 1. The van der Waals surface area contributed by atoms with Crippen LogP contribution < -0.4 is 5.32 Å². The van der Waals surface area contributed by atoms with Gasteiger partial charge in [-0.15, -0.1) is 0 Å². The van der Waals surface area contributed by atoms with Crippen LogP contribution in [0.25, 0.3) is 0 Å².